The van der Waals surface area contributed by atoms with Crippen LogP contribution in [0, 0.1) is 6.92 Å². The highest BCUT2D eigenvalue weighted by Crippen LogP contribution is 2.33. The van der Waals surface area contributed by atoms with Gasteiger partial charge in [0.05, 0.1) is 6.54 Å². The van der Waals surface area contributed by atoms with Crippen molar-refractivity contribution < 1.29 is 8.94 Å². The predicted octanol–water partition coefficient (Wildman–Crippen LogP) is 4.46. The lowest BCUT2D eigenvalue weighted by Crippen LogP contribution is -2.32. The fourth-order valence-corrected chi connectivity index (χ4v) is 3.70. The van der Waals surface area contributed by atoms with Gasteiger partial charge in [0, 0.05) is 11.6 Å². The van der Waals surface area contributed by atoms with Crippen LogP contribution in [0.25, 0.3) is 22.7 Å². The first-order valence-electron chi connectivity index (χ1n) is 9.27. The van der Waals surface area contributed by atoms with E-state index in [1.807, 2.05) is 37.3 Å². The van der Waals surface area contributed by atoms with Crippen molar-refractivity contribution >= 4 is 0 Å². The van der Waals surface area contributed by atoms with Crippen molar-refractivity contribution in [3.05, 3.63) is 42.0 Å². The van der Waals surface area contributed by atoms with Crippen molar-refractivity contribution in [2.24, 2.45) is 0 Å². The van der Waals surface area contributed by atoms with Gasteiger partial charge in [0.2, 0.25) is 5.89 Å². The average molecular weight is 352 g/mol. The van der Waals surface area contributed by atoms with Gasteiger partial charge in [-0.15, -0.1) is 10.2 Å². The summed E-state index contributed by atoms with van der Waals surface area (Å²) in [6, 6.07) is 10.5. The molecule has 0 radical (unpaired) electrons. The number of nitrogens with zero attached hydrogens (tertiary/aromatic N) is 4. The molecular formula is C20H24N4O2. The van der Waals surface area contributed by atoms with Crippen LogP contribution in [0.4, 0.5) is 0 Å². The highest BCUT2D eigenvalue weighted by molar-refractivity contribution is 5.77. The Morgan fingerprint density at radius 2 is 1.85 bits per heavy atom. The van der Waals surface area contributed by atoms with Crippen molar-refractivity contribution in [3.8, 4) is 22.7 Å². The van der Waals surface area contributed by atoms with E-state index < -0.39 is 0 Å². The molecule has 136 valence electrons. The lowest BCUT2D eigenvalue weighted by atomic mass is 9.94. The van der Waals surface area contributed by atoms with Crippen LogP contribution in [0.1, 0.15) is 43.8 Å². The van der Waals surface area contributed by atoms with Crippen molar-refractivity contribution in [2.75, 3.05) is 7.05 Å². The van der Waals surface area contributed by atoms with Crippen LogP contribution >= 0.6 is 0 Å². The van der Waals surface area contributed by atoms with Gasteiger partial charge in [-0.05, 0) is 26.8 Å². The molecule has 6 nitrogen and oxygen atoms in total. The molecule has 1 saturated carbocycles. The minimum absolute atomic E-state index is 0.467. The van der Waals surface area contributed by atoms with Gasteiger partial charge in [0.1, 0.15) is 17.0 Å². The van der Waals surface area contributed by atoms with Gasteiger partial charge in [-0.25, -0.2) is 0 Å². The SMILES string of the molecule is Cc1onc(-c2ccccc2)c1-c1nnc(CN(C)C2CCCCC2)o1. The molecule has 26 heavy (non-hydrogen) atoms. The number of hydrogen-bond acceptors (Lipinski definition) is 6. The lowest BCUT2D eigenvalue weighted by Gasteiger charge is -2.29. The monoisotopic (exact) mass is 352 g/mol. The summed E-state index contributed by atoms with van der Waals surface area (Å²) in [5, 5.41) is 12.7. The Labute approximate surface area is 153 Å². The van der Waals surface area contributed by atoms with Crippen molar-refractivity contribution in [2.45, 2.75) is 51.6 Å². The Morgan fingerprint density at radius 3 is 2.62 bits per heavy atom. The zero-order valence-electron chi connectivity index (χ0n) is 15.3. The molecule has 1 aromatic carbocycles. The normalized spacial score (nSPS) is 15.7. The average Bonchev–Trinajstić information content (AvgIpc) is 3.29. The first-order valence-corrected chi connectivity index (χ1v) is 9.27. The second-order valence-electron chi connectivity index (χ2n) is 7.04. The van der Waals surface area contributed by atoms with E-state index in [0.29, 0.717) is 30.1 Å². The maximum absolute atomic E-state index is 5.97. The number of aryl methyl sites for hydroxylation is 1. The quantitative estimate of drug-likeness (QED) is 0.675. The third-order valence-corrected chi connectivity index (χ3v) is 5.17. The standard InChI is InChI=1S/C20H24N4O2/c1-14-18(19(23-26-14)15-9-5-3-6-10-15)20-22-21-17(25-20)13-24(2)16-11-7-4-8-12-16/h3,5-6,9-10,16H,4,7-8,11-13H2,1-2H3. The molecule has 0 saturated heterocycles. The van der Waals surface area contributed by atoms with Crippen LogP contribution in [0.3, 0.4) is 0 Å². The smallest absolute Gasteiger partial charge is 0.253 e. The Hall–Kier alpha value is -2.47. The van der Waals surface area contributed by atoms with Crippen molar-refractivity contribution in [1.82, 2.24) is 20.3 Å². The van der Waals surface area contributed by atoms with E-state index in [1.54, 1.807) is 0 Å². The fraction of sp³-hybridized carbons (Fsp3) is 0.450. The maximum Gasteiger partial charge on any atom is 0.253 e. The molecule has 0 amide bonds. The van der Waals surface area contributed by atoms with Crippen LogP contribution < -0.4 is 0 Å². The molecule has 3 aromatic rings. The van der Waals surface area contributed by atoms with E-state index in [-0.39, 0.29) is 0 Å². The summed E-state index contributed by atoms with van der Waals surface area (Å²) in [4.78, 5) is 2.33. The molecule has 4 rings (SSSR count). The molecular weight excluding hydrogens is 328 g/mol. The van der Waals surface area contributed by atoms with Crippen LogP contribution in [0.2, 0.25) is 0 Å². The minimum Gasteiger partial charge on any atom is -0.419 e. The Morgan fingerprint density at radius 1 is 1.08 bits per heavy atom. The molecule has 2 heterocycles. The Bertz CT molecular complexity index is 850. The van der Waals surface area contributed by atoms with Gasteiger partial charge >= 0.3 is 0 Å². The lowest BCUT2D eigenvalue weighted by molar-refractivity contribution is 0.170. The van der Waals surface area contributed by atoms with Gasteiger partial charge in [0.25, 0.3) is 5.89 Å². The van der Waals surface area contributed by atoms with Crippen molar-refractivity contribution in [3.63, 3.8) is 0 Å². The zero-order valence-corrected chi connectivity index (χ0v) is 15.3. The molecule has 1 fully saturated rings. The van der Waals surface area contributed by atoms with Crippen molar-refractivity contribution in [1.29, 1.82) is 0 Å². The largest absolute Gasteiger partial charge is 0.419 e. The Kier molecular flexibility index (Phi) is 4.84. The van der Waals surface area contributed by atoms with Gasteiger partial charge < -0.3 is 8.94 Å². The third kappa shape index (κ3) is 3.42. The molecule has 0 aliphatic heterocycles. The minimum atomic E-state index is 0.467. The van der Waals surface area contributed by atoms with E-state index in [1.165, 1.54) is 32.1 Å². The van der Waals surface area contributed by atoms with E-state index in [9.17, 15) is 0 Å². The van der Waals surface area contributed by atoms with Crippen LogP contribution in [-0.4, -0.2) is 33.3 Å². The number of hydrogen-bond donors (Lipinski definition) is 0. The van der Waals surface area contributed by atoms with Gasteiger partial charge in [-0.1, -0.05) is 54.8 Å². The number of benzene rings is 1. The summed E-state index contributed by atoms with van der Waals surface area (Å²) in [6.45, 7) is 2.54. The van der Waals surface area contributed by atoms with E-state index >= 15 is 0 Å². The number of aromatic nitrogens is 3. The third-order valence-electron chi connectivity index (χ3n) is 5.17. The molecule has 1 aliphatic carbocycles. The topological polar surface area (TPSA) is 68.2 Å². The van der Waals surface area contributed by atoms with Crippen LogP contribution in [0.5, 0.6) is 0 Å². The molecule has 1 aliphatic rings. The van der Waals surface area contributed by atoms with Crippen LogP contribution in [0.15, 0.2) is 39.3 Å². The highest BCUT2D eigenvalue weighted by atomic mass is 16.5. The molecule has 2 aromatic heterocycles. The van der Waals surface area contributed by atoms with Crippen LogP contribution in [-0.2, 0) is 6.54 Å². The molecule has 0 atom stereocenters. The highest BCUT2D eigenvalue weighted by Gasteiger charge is 2.24. The maximum atomic E-state index is 5.97. The first-order chi connectivity index (χ1) is 12.7. The van der Waals surface area contributed by atoms with Gasteiger partial charge in [-0.2, -0.15) is 0 Å². The fourth-order valence-electron chi connectivity index (χ4n) is 3.70. The molecule has 0 spiro atoms. The van der Waals surface area contributed by atoms with Gasteiger partial charge in [0.15, 0.2) is 0 Å². The molecule has 6 heteroatoms. The summed E-state index contributed by atoms with van der Waals surface area (Å²) in [5.74, 6) is 1.78. The summed E-state index contributed by atoms with van der Waals surface area (Å²) in [5.41, 5.74) is 2.48. The summed E-state index contributed by atoms with van der Waals surface area (Å²) in [7, 11) is 2.14. The van der Waals surface area contributed by atoms with E-state index in [0.717, 1.165) is 16.8 Å². The van der Waals surface area contributed by atoms with E-state index in [4.69, 9.17) is 8.94 Å². The zero-order chi connectivity index (χ0) is 17.9. The Balaban J connectivity index is 1.56. The molecule has 0 N–H and O–H groups in total. The van der Waals surface area contributed by atoms with E-state index in [2.05, 4.69) is 27.3 Å². The second-order valence-corrected chi connectivity index (χ2v) is 7.04. The molecule has 0 bridgehead atoms. The summed E-state index contributed by atoms with van der Waals surface area (Å²) < 4.78 is 11.4. The summed E-state index contributed by atoms with van der Waals surface area (Å²) in [6.07, 6.45) is 6.47. The predicted molar refractivity (Wildman–Crippen MR) is 98.3 cm³/mol. The second kappa shape index (κ2) is 7.41. The molecule has 0 unspecified atom stereocenters. The first kappa shape index (κ1) is 17.0. The summed E-state index contributed by atoms with van der Waals surface area (Å²) >= 11 is 0. The number of rotatable bonds is 5. The van der Waals surface area contributed by atoms with Gasteiger partial charge in [-0.3, -0.25) is 4.90 Å².